The van der Waals surface area contributed by atoms with E-state index in [0.717, 1.165) is 34.4 Å². The van der Waals surface area contributed by atoms with E-state index in [1.165, 1.54) is 11.5 Å². The van der Waals surface area contributed by atoms with Gasteiger partial charge in [0.2, 0.25) is 11.0 Å². The van der Waals surface area contributed by atoms with Crippen molar-refractivity contribution in [3.63, 3.8) is 0 Å². The molecule has 7 nitrogen and oxygen atoms in total. The minimum atomic E-state index is 0.155. The fourth-order valence-electron chi connectivity index (χ4n) is 3.76. The topological polar surface area (TPSA) is 61.8 Å². The van der Waals surface area contributed by atoms with Crippen molar-refractivity contribution in [1.82, 2.24) is 19.2 Å². The molecule has 0 radical (unpaired) electrons. The van der Waals surface area contributed by atoms with Crippen LogP contribution in [0.1, 0.15) is 37.2 Å². The van der Waals surface area contributed by atoms with E-state index in [1.807, 2.05) is 55.4 Å². The zero-order valence-electron chi connectivity index (χ0n) is 21.5. The van der Waals surface area contributed by atoms with Gasteiger partial charge in [-0.25, -0.2) is 4.98 Å². The number of methoxy groups -OCH3 is 1. The zero-order chi connectivity index (χ0) is 25.2. The van der Waals surface area contributed by atoms with E-state index in [1.54, 1.807) is 7.11 Å². The Morgan fingerprint density at radius 1 is 1.00 bits per heavy atom. The summed E-state index contributed by atoms with van der Waals surface area (Å²) in [6.07, 6.45) is 1.08. The molecule has 0 spiro atoms. The van der Waals surface area contributed by atoms with E-state index in [-0.39, 0.29) is 11.9 Å². The Labute approximate surface area is 213 Å². The number of likely N-dealkylation sites (N-methyl/N-ethyl adjacent to an activating group) is 1. The van der Waals surface area contributed by atoms with Crippen LogP contribution in [-0.4, -0.2) is 71.9 Å². The second kappa shape index (κ2) is 13.2. The summed E-state index contributed by atoms with van der Waals surface area (Å²) in [5, 5.41) is 0.855. The highest BCUT2D eigenvalue weighted by molar-refractivity contribution is 7.09. The number of carbonyl (C=O) groups excluding carboxylic acids is 1. The fraction of sp³-hybridized carbons (Fsp3) is 0.444. The van der Waals surface area contributed by atoms with Gasteiger partial charge in [-0.15, -0.1) is 0 Å². The van der Waals surface area contributed by atoms with Crippen LogP contribution in [0.25, 0.3) is 0 Å². The van der Waals surface area contributed by atoms with Gasteiger partial charge in [0.05, 0.1) is 7.11 Å². The number of anilines is 1. The van der Waals surface area contributed by atoms with Crippen molar-refractivity contribution in [3.8, 4) is 5.75 Å². The Kier molecular flexibility index (Phi) is 10.0. The molecule has 2 aromatic carbocycles. The van der Waals surface area contributed by atoms with E-state index in [2.05, 4.69) is 46.2 Å². The van der Waals surface area contributed by atoms with Gasteiger partial charge in [-0.2, -0.15) is 4.37 Å². The van der Waals surface area contributed by atoms with Gasteiger partial charge in [0, 0.05) is 56.6 Å². The van der Waals surface area contributed by atoms with Gasteiger partial charge in [0.15, 0.2) is 0 Å². The van der Waals surface area contributed by atoms with E-state index in [9.17, 15) is 4.79 Å². The number of ether oxygens (including phenoxy) is 1. The molecule has 0 aliphatic rings. The zero-order valence-corrected chi connectivity index (χ0v) is 22.3. The number of rotatable bonds is 13. The molecule has 0 saturated heterocycles. The van der Waals surface area contributed by atoms with Crippen molar-refractivity contribution in [2.75, 3.05) is 45.7 Å². The molecule has 188 valence electrons. The molecule has 0 fully saturated rings. The molecule has 0 aliphatic heterocycles. The van der Waals surface area contributed by atoms with E-state index in [0.29, 0.717) is 32.5 Å². The molecule has 8 heteroatoms. The summed E-state index contributed by atoms with van der Waals surface area (Å²) in [6.45, 7) is 7.02. The largest absolute Gasteiger partial charge is 0.497 e. The first-order chi connectivity index (χ1) is 16.9. The Morgan fingerprint density at radius 2 is 1.74 bits per heavy atom. The molecular formula is C27H37N5O2S. The molecule has 1 heterocycles. The van der Waals surface area contributed by atoms with Gasteiger partial charge in [-0.05, 0) is 51.2 Å². The summed E-state index contributed by atoms with van der Waals surface area (Å²) in [7, 11) is 5.73. The van der Waals surface area contributed by atoms with Gasteiger partial charge < -0.3 is 19.4 Å². The van der Waals surface area contributed by atoms with Crippen LogP contribution in [0.3, 0.4) is 0 Å². The van der Waals surface area contributed by atoms with Crippen molar-refractivity contribution in [1.29, 1.82) is 0 Å². The Morgan fingerprint density at radius 3 is 2.43 bits per heavy atom. The molecular weight excluding hydrogens is 458 g/mol. The van der Waals surface area contributed by atoms with Crippen molar-refractivity contribution in [3.05, 3.63) is 71.5 Å². The third kappa shape index (κ3) is 8.33. The number of amides is 1. The Balaban J connectivity index is 1.65. The lowest BCUT2D eigenvalue weighted by molar-refractivity contribution is -0.131. The number of aromatic nitrogens is 2. The Hall–Kier alpha value is -2.97. The number of nitrogens with zero attached hydrogens (tertiary/aromatic N) is 5. The smallest absolute Gasteiger partial charge is 0.224 e. The molecule has 1 aromatic heterocycles. The molecule has 0 unspecified atom stereocenters. The summed E-state index contributed by atoms with van der Waals surface area (Å²) in [5.41, 5.74) is 2.25. The van der Waals surface area contributed by atoms with Crippen LogP contribution in [0.15, 0.2) is 54.6 Å². The maximum absolute atomic E-state index is 13.3. The van der Waals surface area contributed by atoms with Crippen molar-refractivity contribution < 1.29 is 9.53 Å². The molecule has 0 atom stereocenters. The van der Waals surface area contributed by atoms with Crippen LogP contribution < -0.4 is 9.64 Å². The van der Waals surface area contributed by atoms with Gasteiger partial charge in [0.25, 0.3) is 0 Å². The quantitative estimate of drug-likeness (QED) is 0.352. The summed E-state index contributed by atoms with van der Waals surface area (Å²) >= 11 is 1.39. The van der Waals surface area contributed by atoms with Crippen LogP contribution in [0, 0.1) is 0 Å². The van der Waals surface area contributed by atoms with E-state index in [4.69, 9.17) is 9.72 Å². The maximum Gasteiger partial charge on any atom is 0.224 e. The monoisotopic (exact) mass is 495 g/mol. The molecule has 0 aliphatic carbocycles. The van der Waals surface area contributed by atoms with Crippen molar-refractivity contribution in [2.24, 2.45) is 0 Å². The molecule has 0 bridgehead atoms. The molecule has 1 amide bonds. The highest BCUT2D eigenvalue weighted by atomic mass is 32.1. The number of carbonyl (C=O) groups is 1. The van der Waals surface area contributed by atoms with Crippen molar-refractivity contribution in [2.45, 2.75) is 39.3 Å². The summed E-state index contributed by atoms with van der Waals surface area (Å²) < 4.78 is 9.91. The number of hydrogen-bond acceptors (Lipinski definition) is 7. The summed E-state index contributed by atoms with van der Waals surface area (Å²) in [4.78, 5) is 24.3. The number of benzene rings is 2. The predicted molar refractivity (Wildman–Crippen MR) is 143 cm³/mol. The lowest BCUT2D eigenvalue weighted by Gasteiger charge is -2.28. The summed E-state index contributed by atoms with van der Waals surface area (Å²) in [6, 6.07) is 18.4. The lowest BCUT2D eigenvalue weighted by atomic mass is 10.1. The molecule has 35 heavy (non-hydrogen) atoms. The molecule has 0 N–H and O–H groups in total. The molecule has 3 rings (SSSR count). The Bertz CT molecular complexity index is 1050. The third-order valence-electron chi connectivity index (χ3n) is 5.78. The minimum absolute atomic E-state index is 0.155. The second-order valence-electron chi connectivity index (χ2n) is 9.16. The highest BCUT2D eigenvalue weighted by Gasteiger charge is 2.20. The van der Waals surface area contributed by atoms with Crippen LogP contribution in [-0.2, 0) is 17.8 Å². The fourth-order valence-corrected chi connectivity index (χ4v) is 4.61. The molecule has 3 aromatic rings. The van der Waals surface area contributed by atoms with Gasteiger partial charge >= 0.3 is 0 Å². The van der Waals surface area contributed by atoms with E-state index >= 15 is 0 Å². The number of hydrogen-bond donors (Lipinski definition) is 0. The van der Waals surface area contributed by atoms with Gasteiger partial charge in [-0.1, -0.05) is 42.5 Å². The molecule has 0 saturated carbocycles. The van der Waals surface area contributed by atoms with Crippen LogP contribution >= 0.6 is 11.5 Å². The first kappa shape index (κ1) is 26.6. The van der Waals surface area contributed by atoms with E-state index < -0.39 is 0 Å². The third-order valence-corrected chi connectivity index (χ3v) is 6.57. The maximum atomic E-state index is 13.3. The van der Waals surface area contributed by atoms with Crippen LogP contribution in [0.4, 0.5) is 5.13 Å². The lowest BCUT2D eigenvalue weighted by Crippen LogP contribution is -2.39. The standard InChI is InChI=1S/C27H37N5O2S/c1-21(2)32(27-28-25(29-35-27)19-23-12-9-13-24(18-23)34-5)15-14-26(33)31(17-16-30(3)4)20-22-10-7-6-8-11-22/h6-13,18,21H,14-17,19-20H2,1-5H3. The minimum Gasteiger partial charge on any atom is -0.497 e. The second-order valence-corrected chi connectivity index (χ2v) is 9.89. The summed E-state index contributed by atoms with van der Waals surface area (Å²) in [5.74, 6) is 1.77. The highest BCUT2D eigenvalue weighted by Crippen LogP contribution is 2.23. The van der Waals surface area contributed by atoms with Gasteiger partial charge in [0.1, 0.15) is 11.6 Å². The van der Waals surface area contributed by atoms with Crippen LogP contribution in [0.5, 0.6) is 5.75 Å². The predicted octanol–water partition coefficient (Wildman–Crippen LogP) is 4.33. The SMILES string of the molecule is COc1cccc(Cc2nsc(N(CCC(=O)N(CCN(C)C)Cc3ccccc3)C(C)C)n2)c1. The first-order valence-electron chi connectivity index (χ1n) is 12.0. The average Bonchev–Trinajstić information content (AvgIpc) is 3.30. The first-order valence-corrected chi connectivity index (χ1v) is 12.8. The van der Waals surface area contributed by atoms with Gasteiger partial charge in [-0.3, -0.25) is 4.79 Å². The van der Waals surface area contributed by atoms with Crippen LogP contribution in [0.2, 0.25) is 0 Å². The normalized spacial score (nSPS) is 11.2. The van der Waals surface area contributed by atoms with Crippen molar-refractivity contribution >= 4 is 22.6 Å². The average molecular weight is 496 g/mol.